The molecule has 0 N–H and O–H groups in total. The second-order valence-corrected chi connectivity index (χ2v) is 1.99. The Morgan fingerprint density at radius 2 is 2.43 bits per heavy atom. The van der Waals surface area contributed by atoms with Crippen molar-refractivity contribution in [1.29, 1.82) is 0 Å². The third kappa shape index (κ3) is 5.89. The molecule has 0 amide bonds. The van der Waals surface area contributed by atoms with Gasteiger partial charge in [-0.1, -0.05) is 12.2 Å². The predicted octanol–water partition coefficient (Wildman–Crippen LogP) is 1.48. The zero-order valence-electron chi connectivity index (χ0n) is 3.97. The van der Waals surface area contributed by atoms with Gasteiger partial charge in [0.15, 0.2) is 0 Å². The molecule has 0 unspecified atom stereocenters. The Morgan fingerprint density at radius 3 is 2.57 bits per heavy atom. The minimum absolute atomic E-state index is 0.541. The highest BCUT2D eigenvalue weighted by atomic mass is 32.1. The summed E-state index contributed by atoms with van der Waals surface area (Å²) < 4.78 is 0. The van der Waals surface area contributed by atoms with E-state index in [1.54, 1.807) is 0 Å². The van der Waals surface area contributed by atoms with Gasteiger partial charge in [0.2, 0.25) is 0 Å². The van der Waals surface area contributed by atoms with Crippen LogP contribution in [0.4, 0.5) is 0 Å². The van der Waals surface area contributed by atoms with Crippen LogP contribution in [0.5, 0.6) is 0 Å². The van der Waals surface area contributed by atoms with Gasteiger partial charge < -0.3 is 0 Å². The standard InChI is InChI=1S/C4H5NS2/c1-4(7)2-5-3-6/h2H2,1H3. The average Bonchev–Trinajstić information content (AvgIpc) is 1.61. The second-order valence-electron chi connectivity index (χ2n) is 1.11. The highest BCUT2D eigenvalue weighted by molar-refractivity contribution is 7.80. The molecule has 0 aromatic heterocycles. The molecule has 0 saturated heterocycles. The number of nitrogens with zero attached hydrogens (tertiary/aromatic N) is 1. The smallest absolute Gasteiger partial charge is 0.0802 e. The van der Waals surface area contributed by atoms with E-state index in [9.17, 15) is 0 Å². The summed E-state index contributed by atoms with van der Waals surface area (Å²) in [4.78, 5) is 4.44. The topological polar surface area (TPSA) is 12.4 Å². The molecule has 0 radical (unpaired) electrons. The maximum atomic E-state index is 4.68. The van der Waals surface area contributed by atoms with Crippen molar-refractivity contribution in [3.05, 3.63) is 0 Å². The maximum absolute atomic E-state index is 4.68. The highest BCUT2D eigenvalue weighted by Gasteiger charge is 1.77. The van der Waals surface area contributed by atoms with E-state index in [1.807, 2.05) is 6.92 Å². The Labute approximate surface area is 53.4 Å². The monoisotopic (exact) mass is 131 g/mol. The Balaban J connectivity index is 3.32. The van der Waals surface area contributed by atoms with Crippen LogP contribution in [-0.4, -0.2) is 16.6 Å². The zero-order valence-corrected chi connectivity index (χ0v) is 5.60. The van der Waals surface area contributed by atoms with E-state index in [1.165, 1.54) is 0 Å². The lowest BCUT2D eigenvalue weighted by atomic mass is 10.5. The van der Waals surface area contributed by atoms with Gasteiger partial charge in [-0.3, -0.25) is 0 Å². The summed E-state index contributed by atoms with van der Waals surface area (Å²) in [6.45, 7) is 2.37. The molecule has 1 nitrogen and oxygen atoms in total. The van der Waals surface area contributed by atoms with Crippen LogP contribution in [0.3, 0.4) is 0 Å². The molecular formula is C4H5NS2. The Kier molecular flexibility index (Phi) is 4.00. The van der Waals surface area contributed by atoms with Crippen molar-refractivity contribution in [1.82, 2.24) is 0 Å². The number of thiocarbonyl (C=S) groups is 2. The number of aliphatic imine (C=N–C) groups is 1. The molecule has 0 fully saturated rings. The van der Waals surface area contributed by atoms with E-state index in [4.69, 9.17) is 0 Å². The predicted molar refractivity (Wildman–Crippen MR) is 38.2 cm³/mol. The van der Waals surface area contributed by atoms with Crippen molar-refractivity contribution in [2.45, 2.75) is 6.92 Å². The SMILES string of the molecule is CC(=S)CN=C=S. The Morgan fingerprint density at radius 1 is 1.86 bits per heavy atom. The third-order valence-corrected chi connectivity index (χ3v) is 0.624. The Hall–Kier alpha value is -0.110. The van der Waals surface area contributed by atoms with Gasteiger partial charge in [-0.15, -0.1) is 0 Å². The first-order valence-corrected chi connectivity index (χ1v) is 2.62. The fourth-order valence-corrected chi connectivity index (χ4v) is 0.273. The third-order valence-electron chi connectivity index (χ3n) is 0.366. The summed E-state index contributed by atoms with van der Waals surface area (Å²) in [6, 6.07) is 0. The van der Waals surface area contributed by atoms with E-state index < -0.39 is 0 Å². The molecule has 0 aromatic carbocycles. The summed E-state index contributed by atoms with van der Waals surface area (Å²) >= 11 is 8.98. The fourth-order valence-electron chi connectivity index (χ4n) is 0.144. The minimum Gasteiger partial charge on any atom is -0.227 e. The largest absolute Gasteiger partial charge is 0.227 e. The Bertz CT molecular complexity index is 113. The van der Waals surface area contributed by atoms with Gasteiger partial charge in [-0.25, -0.2) is 4.99 Å². The van der Waals surface area contributed by atoms with E-state index in [2.05, 4.69) is 34.6 Å². The first kappa shape index (κ1) is 6.89. The summed E-state index contributed by atoms with van der Waals surface area (Å²) in [7, 11) is 0. The molecule has 0 aliphatic carbocycles. The minimum atomic E-state index is 0.541. The van der Waals surface area contributed by atoms with Crippen molar-refractivity contribution in [3.63, 3.8) is 0 Å². The van der Waals surface area contributed by atoms with Crippen LogP contribution < -0.4 is 0 Å². The van der Waals surface area contributed by atoms with Gasteiger partial charge in [-0.2, -0.15) is 0 Å². The summed E-state index contributed by atoms with van der Waals surface area (Å²) in [5.41, 5.74) is 0. The van der Waals surface area contributed by atoms with Crippen molar-refractivity contribution in [3.8, 4) is 0 Å². The molecular weight excluding hydrogens is 126 g/mol. The van der Waals surface area contributed by atoms with Crippen LogP contribution in [-0.2, 0) is 0 Å². The molecule has 0 aliphatic heterocycles. The van der Waals surface area contributed by atoms with Crippen LogP contribution >= 0.6 is 24.4 Å². The van der Waals surface area contributed by atoms with Gasteiger partial charge in [0.1, 0.15) is 0 Å². The summed E-state index contributed by atoms with van der Waals surface area (Å²) in [6.07, 6.45) is 0. The molecule has 7 heavy (non-hydrogen) atoms. The lowest BCUT2D eigenvalue weighted by molar-refractivity contribution is 1.34. The van der Waals surface area contributed by atoms with Crippen LogP contribution in [0.2, 0.25) is 0 Å². The van der Waals surface area contributed by atoms with Crippen LogP contribution in [0.15, 0.2) is 4.99 Å². The number of rotatable bonds is 2. The molecule has 0 rings (SSSR count). The summed E-state index contributed by atoms with van der Waals surface area (Å²) in [5.74, 6) is 0. The van der Waals surface area contributed by atoms with Gasteiger partial charge in [-0.05, 0) is 19.1 Å². The summed E-state index contributed by atoms with van der Waals surface area (Å²) in [5, 5.41) is 2.22. The van der Waals surface area contributed by atoms with Gasteiger partial charge in [0.05, 0.1) is 11.7 Å². The van der Waals surface area contributed by atoms with Crippen LogP contribution in [0.1, 0.15) is 6.92 Å². The maximum Gasteiger partial charge on any atom is 0.0802 e. The van der Waals surface area contributed by atoms with Crippen molar-refractivity contribution >= 4 is 34.5 Å². The second kappa shape index (κ2) is 4.06. The molecule has 38 valence electrons. The lowest BCUT2D eigenvalue weighted by Crippen LogP contribution is -1.88. The molecule has 0 bridgehead atoms. The van der Waals surface area contributed by atoms with E-state index in [0.29, 0.717) is 6.54 Å². The van der Waals surface area contributed by atoms with Crippen LogP contribution in [0.25, 0.3) is 0 Å². The lowest BCUT2D eigenvalue weighted by Gasteiger charge is -1.79. The van der Waals surface area contributed by atoms with Gasteiger partial charge >= 0.3 is 0 Å². The average molecular weight is 131 g/mol. The number of hydrogen-bond acceptors (Lipinski definition) is 3. The first-order chi connectivity index (χ1) is 3.27. The molecule has 0 aliphatic rings. The van der Waals surface area contributed by atoms with Crippen LogP contribution in [0, 0.1) is 0 Å². The van der Waals surface area contributed by atoms with Crippen molar-refractivity contribution in [2.24, 2.45) is 4.99 Å². The van der Waals surface area contributed by atoms with Crippen molar-refractivity contribution in [2.75, 3.05) is 6.54 Å². The molecule has 0 atom stereocenters. The van der Waals surface area contributed by atoms with Gasteiger partial charge in [0.25, 0.3) is 0 Å². The zero-order chi connectivity index (χ0) is 5.70. The molecule has 0 aromatic rings. The fraction of sp³-hybridized carbons (Fsp3) is 0.500. The molecule has 0 spiro atoms. The number of isothiocyanates is 1. The normalized spacial score (nSPS) is 7.00. The highest BCUT2D eigenvalue weighted by Crippen LogP contribution is 1.73. The quantitative estimate of drug-likeness (QED) is 0.415. The van der Waals surface area contributed by atoms with E-state index in [-0.39, 0.29) is 0 Å². The van der Waals surface area contributed by atoms with Gasteiger partial charge in [0, 0.05) is 4.86 Å². The molecule has 0 saturated carbocycles. The van der Waals surface area contributed by atoms with E-state index >= 15 is 0 Å². The first-order valence-electron chi connectivity index (χ1n) is 1.80. The molecule has 3 heteroatoms. The van der Waals surface area contributed by atoms with E-state index in [0.717, 1.165) is 4.86 Å². The molecule has 0 heterocycles. The number of hydrogen-bond donors (Lipinski definition) is 0. The van der Waals surface area contributed by atoms with Crippen molar-refractivity contribution < 1.29 is 0 Å².